The van der Waals surface area contributed by atoms with Gasteiger partial charge in [0.1, 0.15) is 0 Å². The highest BCUT2D eigenvalue weighted by atomic mass is 32.2. The molecule has 0 aromatic rings. The van der Waals surface area contributed by atoms with Crippen molar-refractivity contribution in [3.05, 3.63) is 0 Å². The van der Waals surface area contributed by atoms with Crippen molar-refractivity contribution in [3.63, 3.8) is 0 Å². The molecule has 1 atom stereocenters. The Morgan fingerprint density at radius 2 is 2.00 bits per heavy atom. The van der Waals surface area contributed by atoms with Crippen LogP contribution in [0.2, 0.25) is 0 Å². The van der Waals surface area contributed by atoms with Gasteiger partial charge in [-0.2, -0.15) is 0 Å². The Bertz CT molecular complexity index is 461. The SMILES string of the molecule is CC(C)NC(=O)CNC(=O)C1CCCN(S(C)(=O)=O)C1. The van der Waals surface area contributed by atoms with Crippen molar-refractivity contribution in [2.24, 2.45) is 5.92 Å². The second kappa shape index (κ2) is 7.03. The molecule has 1 aliphatic rings. The van der Waals surface area contributed by atoms with Gasteiger partial charge in [0.15, 0.2) is 0 Å². The summed E-state index contributed by atoms with van der Waals surface area (Å²) in [6, 6.07) is 0.0230. The number of amides is 2. The van der Waals surface area contributed by atoms with Gasteiger partial charge >= 0.3 is 0 Å². The fourth-order valence-electron chi connectivity index (χ4n) is 2.14. The molecular weight excluding hydrogens is 282 g/mol. The van der Waals surface area contributed by atoms with E-state index in [1.165, 1.54) is 4.31 Å². The Balaban J connectivity index is 2.45. The fourth-order valence-corrected chi connectivity index (χ4v) is 3.05. The zero-order chi connectivity index (χ0) is 15.3. The summed E-state index contributed by atoms with van der Waals surface area (Å²) >= 11 is 0. The molecule has 0 spiro atoms. The van der Waals surface area contributed by atoms with E-state index in [0.717, 1.165) is 6.26 Å². The molecule has 20 heavy (non-hydrogen) atoms. The molecule has 2 amide bonds. The average Bonchev–Trinajstić information content (AvgIpc) is 2.34. The van der Waals surface area contributed by atoms with E-state index in [-0.39, 0.29) is 36.9 Å². The Labute approximate surface area is 120 Å². The second-order valence-electron chi connectivity index (χ2n) is 5.40. The van der Waals surface area contributed by atoms with E-state index < -0.39 is 10.0 Å². The first kappa shape index (κ1) is 16.9. The third kappa shape index (κ3) is 5.46. The molecular formula is C12H23N3O4S. The molecule has 0 saturated carbocycles. The molecule has 0 radical (unpaired) electrons. The van der Waals surface area contributed by atoms with Gasteiger partial charge in [0.2, 0.25) is 21.8 Å². The molecule has 7 nitrogen and oxygen atoms in total. The van der Waals surface area contributed by atoms with Crippen molar-refractivity contribution in [1.82, 2.24) is 14.9 Å². The lowest BCUT2D eigenvalue weighted by Gasteiger charge is -2.30. The highest BCUT2D eigenvalue weighted by Gasteiger charge is 2.30. The Hall–Kier alpha value is -1.15. The molecule has 1 heterocycles. The smallest absolute Gasteiger partial charge is 0.239 e. The van der Waals surface area contributed by atoms with Crippen LogP contribution >= 0.6 is 0 Å². The molecule has 1 saturated heterocycles. The lowest BCUT2D eigenvalue weighted by Crippen LogP contribution is -2.47. The van der Waals surface area contributed by atoms with Crippen LogP contribution in [0.3, 0.4) is 0 Å². The van der Waals surface area contributed by atoms with Gasteiger partial charge in [-0.15, -0.1) is 0 Å². The summed E-state index contributed by atoms with van der Waals surface area (Å²) in [6.07, 6.45) is 2.44. The Kier molecular flexibility index (Phi) is 5.94. The maximum Gasteiger partial charge on any atom is 0.239 e. The van der Waals surface area contributed by atoms with Crippen molar-refractivity contribution in [3.8, 4) is 0 Å². The first-order valence-electron chi connectivity index (χ1n) is 6.72. The largest absolute Gasteiger partial charge is 0.352 e. The predicted octanol–water partition coefficient (Wildman–Crippen LogP) is -0.701. The maximum atomic E-state index is 11.9. The van der Waals surface area contributed by atoms with Crippen molar-refractivity contribution >= 4 is 21.8 Å². The number of sulfonamides is 1. The van der Waals surface area contributed by atoms with Gasteiger partial charge in [0.05, 0.1) is 18.7 Å². The van der Waals surface area contributed by atoms with Crippen LogP contribution < -0.4 is 10.6 Å². The predicted molar refractivity (Wildman–Crippen MR) is 75.4 cm³/mol. The molecule has 1 rings (SSSR count). The summed E-state index contributed by atoms with van der Waals surface area (Å²) in [4.78, 5) is 23.4. The van der Waals surface area contributed by atoms with E-state index in [2.05, 4.69) is 10.6 Å². The van der Waals surface area contributed by atoms with Gasteiger partial charge in [-0.1, -0.05) is 0 Å². The third-order valence-corrected chi connectivity index (χ3v) is 4.37. The van der Waals surface area contributed by atoms with Gasteiger partial charge in [-0.3, -0.25) is 9.59 Å². The van der Waals surface area contributed by atoms with E-state index in [9.17, 15) is 18.0 Å². The summed E-state index contributed by atoms with van der Waals surface area (Å²) in [5.74, 6) is -0.897. The van der Waals surface area contributed by atoms with Gasteiger partial charge in [-0.25, -0.2) is 12.7 Å². The zero-order valence-electron chi connectivity index (χ0n) is 12.2. The summed E-state index contributed by atoms with van der Waals surface area (Å²) in [7, 11) is -3.27. The van der Waals surface area contributed by atoms with Crippen LogP contribution in [0.15, 0.2) is 0 Å². The first-order valence-corrected chi connectivity index (χ1v) is 8.57. The molecule has 1 fully saturated rings. The lowest BCUT2D eigenvalue weighted by atomic mass is 9.99. The minimum atomic E-state index is -3.27. The number of hydrogen-bond acceptors (Lipinski definition) is 4. The van der Waals surface area contributed by atoms with Crippen LogP contribution in [0.25, 0.3) is 0 Å². The lowest BCUT2D eigenvalue weighted by molar-refractivity contribution is -0.129. The normalized spacial score (nSPS) is 20.7. The van der Waals surface area contributed by atoms with Gasteiger partial charge in [0, 0.05) is 19.1 Å². The Morgan fingerprint density at radius 1 is 1.35 bits per heavy atom. The second-order valence-corrected chi connectivity index (χ2v) is 7.38. The molecule has 8 heteroatoms. The van der Waals surface area contributed by atoms with Crippen molar-refractivity contribution in [2.75, 3.05) is 25.9 Å². The van der Waals surface area contributed by atoms with Crippen molar-refractivity contribution < 1.29 is 18.0 Å². The van der Waals surface area contributed by atoms with E-state index in [1.807, 2.05) is 13.8 Å². The van der Waals surface area contributed by atoms with E-state index in [0.29, 0.717) is 19.4 Å². The van der Waals surface area contributed by atoms with Crippen LogP contribution in [0.1, 0.15) is 26.7 Å². The highest BCUT2D eigenvalue weighted by Crippen LogP contribution is 2.18. The van der Waals surface area contributed by atoms with E-state index in [4.69, 9.17) is 0 Å². The van der Waals surface area contributed by atoms with Gasteiger partial charge in [0.25, 0.3) is 0 Å². The standard InChI is InChI=1S/C12H23N3O4S/c1-9(2)14-11(16)7-13-12(17)10-5-4-6-15(8-10)20(3,18)19/h9-10H,4-8H2,1-3H3,(H,13,17)(H,14,16). The number of carbonyl (C=O) groups is 2. The highest BCUT2D eigenvalue weighted by molar-refractivity contribution is 7.88. The fraction of sp³-hybridized carbons (Fsp3) is 0.833. The minimum Gasteiger partial charge on any atom is -0.352 e. The summed E-state index contributed by atoms with van der Waals surface area (Å²) in [6.45, 7) is 4.25. The zero-order valence-corrected chi connectivity index (χ0v) is 13.0. The van der Waals surface area contributed by atoms with Gasteiger partial charge < -0.3 is 10.6 Å². The molecule has 0 aromatic carbocycles. The van der Waals surface area contributed by atoms with Crippen LogP contribution in [-0.2, 0) is 19.6 Å². The van der Waals surface area contributed by atoms with E-state index >= 15 is 0 Å². The van der Waals surface area contributed by atoms with Gasteiger partial charge in [-0.05, 0) is 26.7 Å². The van der Waals surface area contributed by atoms with Crippen molar-refractivity contribution in [1.29, 1.82) is 0 Å². The first-order chi connectivity index (χ1) is 9.20. The molecule has 1 aliphatic heterocycles. The monoisotopic (exact) mass is 305 g/mol. The summed E-state index contributed by atoms with van der Waals surface area (Å²) < 4.78 is 24.3. The molecule has 116 valence electrons. The number of piperidine rings is 1. The van der Waals surface area contributed by atoms with Crippen LogP contribution in [0.5, 0.6) is 0 Å². The molecule has 1 unspecified atom stereocenters. The molecule has 0 aromatic heterocycles. The molecule has 0 aliphatic carbocycles. The van der Waals surface area contributed by atoms with Crippen molar-refractivity contribution in [2.45, 2.75) is 32.7 Å². The average molecular weight is 305 g/mol. The number of nitrogens with one attached hydrogen (secondary N) is 2. The maximum absolute atomic E-state index is 11.9. The topological polar surface area (TPSA) is 95.6 Å². The third-order valence-electron chi connectivity index (χ3n) is 3.10. The minimum absolute atomic E-state index is 0.0230. The number of carbonyl (C=O) groups excluding carboxylic acids is 2. The Morgan fingerprint density at radius 3 is 2.55 bits per heavy atom. The molecule has 2 N–H and O–H groups in total. The summed E-state index contributed by atoms with van der Waals surface area (Å²) in [5.41, 5.74) is 0. The summed E-state index contributed by atoms with van der Waals surface area (Å²) in [5, 5.41) is 5.23. The number of rotatable bonds is 5. The number of hydrogen-bond donors (Lipinski definition) is 2. The quantitative estimate of drug-likeness (QED) is 0.702. The van der Waals surface area contributed by atoms with Crippen LogP contribution in [0, 0.1) is 5.92 Å². The molecule has 0 bridgehead atoms. The van der Waals surface area contributed by atoms with Crippen LogP contribution in [0.4, 0.5) is 0 Å². The number of nitrogens with zero attached hydrogens (tertiary/aromatic N) is 1. The van der Waals surface area contributed by atoms with E-state index in [1.54, 1.807) is 0 Å². The van der Waals surface area contributed by atoms with Crippen LogP contribution in [-0.4, -0.2) is 56.5 Å².